The lowest BCUT2D eigenvalue weighted by molar-refractivity contribution is 0.371. The molecule has 0 atom stereocenters. The first-order valence-corrected chi connectivity index (χ1v) is 7.88. The highest BCUT2D eigenvalue weighted by Gasteiger charge is 2.32. The molecule has 0 bridgehead atoms. The van der Waals surface area contributed by atoms with Crippen molar-refractivity contribution in [1.29, 1.82) is 0 Å². The highest BCUT2D eigenvalue weighted by Crippen LogP contribution is 2.31. The van der Waals surface area contributed by atoms with Gasteiger partial charge in [-0.25, -0.2) is 12.8 Å². The van der Waals surface area contributed by atoms with Gasteiger partial charge in [-0.05, 0) is 25.0 Å². The van der Waals surface area contributed by atoms with Crippen molar-refractivity contribution in [3.8, 4) is 0 Å². The van der Waals surface area contributed by atoms with E-state index in [1.165, 1.54) is 17.4 Å². The molecule has 19 heavy (non-hydrogen) atoms. The van der Waals surface area contributed by atoms with Gasteiger partial charge in [0.1, 0.15) is 4.90 Å². The van der Waals surface area contributed by atoms with Gasteiger partial charge in [0, 0.05) is 18.1 Å². The van der Waals surface area contributed by atoms with Crippen LogP contribution in [0.2, 0.25) is 5.02 Å². The van der Waals surface area contributed by atoms with Crippen LogP contribution in [-0.4, -0.2) is 25.8 Å². The molecule has 0 aromatic heterocycles. The van der Waals surface area contributed by atoms with Crippen LogP contribution in [-0.2, 0) is 10.0 Å². The number of nitrogens with zero attached hydrogens (tertiary/aromatic N) is 1. The fourth-order valence-corrected chi connectivity index (χ4v) is 4.22. The van der Waals surface area contributed by atoms with Gasteiger partial charge >= 0.3 is 0 Å². The number of halogens is 2. The van der Waals surface area contributed by atoms with Crippen molar-refractivity contribution in [2.24, 2.45) is 0 Å². The summed E-state index contributed by atoms with van der Waals surface area (Å²) in [6.07, 6.45) is 3.58. The average Bonchev–Trinajstić information content (AvgIpc) is 2.86. The van der Waals surface area contributed by atoms with Crippen molar-refractivity contribution in [3.05, 3.63) is 23.0 Å². The van der Waals surface area contributed by atoms with Gasteiger partial charge in [0.05, 0.1) is 5.69 Å². The molecule has 1 saturated carbocycles. The van der Waals surface area contributed by atoms with Crippen LogP contribution in [0.5, 0.6) is 0 Å². The van der Waals surface area contributed by atoms with Gasteiger partial charge in [-0.15, -0.1) is 0 Å². The molecule has 0 spiro atoms. The zero-order valence-corrected chi connectivity index (χ0v) is 12.1. The molecule has 0 unspecified atom stereocenters. The molecule has 1 aromatic rings. The van der Waals surface area contributed by atoms with Gasteiger partial charge in [-0.3, -0.25) is 0 Å². The second-order valence-electron chi connectivity index (χ2n) is 4.77. The van der Waals surface area contributed by atoms with E-state index in [2.05, 4.69) is 0 Å². The highest BCUT2D eigenvalue weighted by molar-refractivity contribution is 7.89. The van der Waals surface area contributed by atoms with Crippen LogP contribution in [0, 0.1) is 5.82 Å². The Kier molecular flexibility index (Phi) is 4.03. The predicted octanol–water partition coefficient (Wildman–Crippen LogP) is 2.62. The number of benzene rings is 1. The van der Waals surface area contributed by atoms with Gasteiger partial charge in [-0.2, -0.15) is 4.31 Å². The fraction of sp³-hybridized carbons (Fsp3) is 0.500. The van der Waals surface area contributed by atoms with E-state index in [0.717, 1.165) is 31.7 Å². The third kappa shape index (κ3) is 2.70. The van der Waals surface area contributed by atoms with E-state index in [-0.39, 0.29) is 16.8 Å². The summed E-state index contributed by atoms with van der Waals surface area (Å²) in [6, 6.07) is 2.23. The van der Waals surface area contributed by atoms with Crippen LogP contribution in [0.1, 0.15) is 25.7 Å². The van der Waals surface area contributed by atoms with Gasteiger partial charge in [0.15, 0.2) is 5.82 Å². The quantitative estimate of drug-likeness (QED) is 0.873. The van der Waals surface area contributed by atoms with Crippen LogP contribution in [0.15, 0.2) is 17.0 Å². The largest absolute Gasteiger partial charge is 0.396 e. The Balaban J connectivity index is 2.44. The second-order valence-corrected chi connectivity index (χ2v) is 7.17. The molecule has 0 saturated heterocycles. The summed E-state index contributed by atoms with van der Waals surface area (Å²) in [5.41, 5.74) is 5.17. The van der Waals surface area contributed by atoms with E-state index in [1.54, 1.807) is 0 Å². The third-order valence-corrected chi connectivity index (χ3v) is 5.66. The second kappa shape index (κ2) is 5.26. The monoisotopic (exact) mass is 306 g/mol. The number of rotatable bonds is 3. The van der Waals surface area contributed by atoms with Gasteiger partial charge < -0.3 is 5.73 Å². The van der Waals surface area contributed by atoms with Gasteiger partial charge in [0.25, 0.3) is 0 Å². The third-order valence-electron chi connectivity index (χ3n) is 3.53. The lowest BCUT2D eigenvalue weighted by Gasteiger charge is -2.24. The van der Waals surface area contributed by atoms with Crippen molar-refractivity contribution < 1.29 is 12.8 Å². The first kappa shape index (κ1) is 14.6. The minimum atomic E-state index is -3.90. The molecule has 1 aromatic carbocycles. The van der Waals surface area contributed by atoms with Gasteiger partial charge in [0.2, 0.25) is 10.0 Å². The summed E-state index contributed by atoms with van der Waals surface area (Å²) < 4.78 is 40.0. The summed E-state index contributed by atoms with van der Waals surface area (Å²) in [6.45, 7) is 0. The summed E-state index contributed by atoms with van der Waals surface area (Å²) >= 11 is 5.76. The van der Waals surface area contributed by atoms with Crippen LogP contribution in [0.4, 0.5) is 10.1 Å². The maximum Gasteiger partial charge on any atom is 0.246 e. The highest BCUT2D eigenvalue weighted by atomic mass is 35.5. The Morgan fingerprint density at radius 1 is 1.37 bits per heavy atom. The molecule has 4 nitrogen and oxygen atoms in total. The zero-order valence-electron chi connectivity index (χ0n) is 10.6. The summed E-state index contributed by atoms with van der Waals surface area (Å²) in [5.74, 6) is -0.936. The first-order valence-electron chi connectivity index (χ1n) is 6.06. The fourth-order valence-electron chi connectivity index (χ4n) is 2.39. The lowest BCUT2D eigenvalue weighted by atomic mass is 10.3. The van der Waals surface area contributed by atoms with Crippen LogP contribution >= 0.6 is 11.6 Å². The van der Waals surface area contributed by atoms with E-state index in [9.17, 15) is 12.8 Å². The standard InChI is InChI=1S/C12H16ClFN2O2S/c1-16(9-4-2-3-5-9)19(17,18)11-7-8(13)6-10(15)12(11)14/h6-7,9H,2-5,15H2,1H3. The van der Waals surface area contributed by atoms with Crippen LogP contribution in [0.3, 0.4) is 0 Å². The Hall–Kier alpha value is -0.850. The predicted molar refractivity (Wildman–Crippen MR) is 73.0 cm³/mol. The molecule has 1 aliphatic carbocycles. The van der Waals surface area contributed by atoms with E-state index >= 15 is 0 Å². The minimum absolute atomic E-state index is 0.0791. The maximum atomic E-state index is 13.9. The van der Waals surface area contributed by atoms with Gasteiger partial charge in [-0.1, -0.05) is 24.4 Å². The Bertz CT molecular complexity index is 586. The van der Waals surface area contributed by atoms with E-state index in [1.807, 2.05) is 0 Å². The molecule has 106 valence electrons. The van der Waals surface area contributed by atoms with Crippen molar-refractivity contribution >= 4 is 27.3 Å². The molecule has 0 aliphatic heterocycles. The molecular formula is C12H16ClFN2O2S. The van der Waals surface area contributed by atoms with Crippen LogP contribution < -0.4 is 5.73 Å². The summed E-state index contributed by atoms with van der Waals surface area (Å²) in [5, 5.41) is 0.109. The molecule has 0 heterocycles. The molecule has 1 fully saturated rings. The first-order chi connectivity index (χ1) is 8.84. The van der Waals surface area contributed by atoms with Crippen molar-refractivity contribution in [2.75, 3.05) is 12.8 Å². The van der Waals surface area contributed by atoms with E-state index < -0.39 is 20.7 Å². The summed E-state index contributed by atoms with van der Waals surface area (Å²) in [4.78, 5) is -0.452. The number of sulfonamides is 1. The molecule has 2 N–H and O–H groups in total. The Labute approximate surface area is 117 Å². The number of hydrogen-bond acceptors (Lipinski definition) is 3. The zero-order chi connectivity index (χ0) is 14.2. The smallest absolute Gasteiger partial charge is 0.246 e. The Morgan fingerprint density at radius 2 is 1.95 bits per heavy atom. The maximum absolute atomic E-state index is 13.9. The minimum Gasteiger partial charge on any atom is -0.396 e. The average molecular weight is 307 g/mol. The van der Waals surface area contributed by atoms with Crippen molar-refractivity contribution in [3.63, 3.8) is 0 Å². The van der Waals surface area contributed by atoms with Crippen LogP contribution in [0.25, 0.3) is 0 Å². The SMILES string of the molecule is CN(C1CCCC1)S(=O)(=O)c1cc(Cl)cc(N)c1F. The molecule has 7 heteroatoms. The number of nitrogens with two attached hydrogens (primary N) is 1. The normalized spacial score (nSPS) is 17.3. The molecule has 0 amide bonds. The topological polar surface area (TPSA) is 63.4 Å². The molecule has 1 aliphatic rings. The number of anilines is 1. The lowest BCUT2D eigenvalue weighted by Crippen LogP contribution is -2.35. The number of hydrogen-bond donors (Lipinski definition) is 1. The number of nitrogen functional groups attached to an aromatic ring is 1. The molecule has 2 rings (SSSR count). The van der Waals surface area contributed by atoms with Crippen molar-refractivity contribution in [1.82, 2.24) is 4.31 Å². The molecule has 0 radical (unpaired) electrons. The van der Waals surface area contributed by atoms with E-state index in [0.29, 0.717) is 0 Å². The Morgan fingerprint density at radius 3 is 2.53 bits per heavy atom. The van der Waals surface area contributed by atoms with Crippen molar-refractivity contribution in [2.45, 2.75) is 36.6 Å². The van der Waals surface area contributed by atoms with E-state index in [4.69, 9.17) is 17.3 Å². The molecular weight excluding hydrogens is 291 g/mol. The summed E-state index contributed by atoms with van der Waals surface area (Å²) in [7, 11) is -2.43.